The zero-order valence-corrected chi connectivity index (χ0v) is 15.0. The Balaban J connectivity index is 0.000000249. The fourth-order valence-electron chi connectivity index (χ4n) is 2.92. The zero-order chi connectivity index (χ0) is 13.4. The summed E-state index contributed by atoms with van der Waals surface area (Å²) in [4.78, 5) is 10.8. The number of carbonyl (C=O) groups is 1. The first kappa shape index (κ1) is 14.7. The molecule has 1 aliphatic carbocycles. The minimum absolute atomic E-state index is 0.0104. The minimum Gasteiger partial charge on any atom is -0.466 e. The van der Waals surface area contributed by atoms with E-state index in [1.807, 2.05) is 0 Å². The van der Waals surface area contributed by atoms with Gasteiger partial charge in [-0.25, -0.2) is 4.79 Å². The van der Waals surface area contributed by atoms with Gasteiger partial charge in [-0.15, -0.1) is 0 Å². The molecule has 0 aromatic carbocycles. The highest BCUT2D eigenvalue weighted by Gasteiger charge is 2.69. The van der Waals surface area contributed by atoms with Crippen LogP contribution in [0.15, 0.2) is 0 Å². The maximum atomic E-state index is 10.8. The summed E-state index contributed by atoms with van der Waals surface area (Å²) in [6.45, 7) is 12.6. The molecule has 0 spiro atoms. The van der Waals surface area contributed by atoms with Crippen molar-refractivity contribution >= 4 is 25.7 Å². The molecule has 100 valence electrons. The first-order chi connectivity index (χ1) is 7.64. The standard InChI is InChI=1S/C9H14O3.C2H10OSi2/c1-8(2)5-9(3,4)6(8)12-7(10)11-5;1-5(2)3-4/h5-6H,1-4H3;5H,1-2,4H3. The summed E-state index contributed by atoms with van der Waals surface area (Å²) in [5, 5.41) is 0. The molecule has 0 aromatic heterocycles. The third-order valence-corrected chi connectivity index (χ3v) is 7.37. The Morgan fingerprint density at radius 2 is 1.41 bits per heavy atom. The molecule has 0 unspecified atom stereocenters. The number of rotatable bonds is 1. The quantitative estimate of drug-likeness (QED) is 0.534. The van der Waals surface area contributed by atoms with Crippen LogP contribution >= 0.6 is 0 Å². The molecule has 0 amide bonds. The van der Waals surface area contributed by atoms with Crippen LogP contribution < -0.4 is 0 Å². The van der Waals surface area contributed by atoms with E-state index in [2.05, 4.69) is 40.8 Å². The maximum Gasteiger partial charge on any atom is 0.508 e. The lowest BCUT2D eigenvalue weighted by Gasteiger charge is -2.63. The van der Waals surface area contributed by atoms with E-state index >= 15 is 0 Å². The Labute approximate surface area is 108 Å². The molecule has 0 radical (unpaired) electrons. The molecule has 17 heavy (non-hydrogen) atoms. The summed E-state index contributed by atoms with van der Waals surface area (Å²) in [6.07, 6.45) is -0.490. The van der Waals surface area contributed by atoms with E-state index in [0.717, 1.165) is 10.5 Å². The average Bonchev–Trinajstić information content (AvgIpc) is 2.21. The highest BCUT2D eigenvalue weighted by Crippen LogP contribution is 2.59. The maximum absolute atomic E-state index is 10.8. The first-order valence-corrected chi connectivity index (χ1v) is 9.63. The molecule has 4 nitrogen and oxygen atoms in total. The van der Waals surface area contributed by atoms with Gasteiger partial charge in [0.1, 0.15) is 22.7 Å². The molecule has 2 bridgehead atoms. The monoisotopic (exact) mass is 276 g/mol. The second kappa shape index (κ2) is 4.74. The SMILES string of the molecule is CC1(C)C2OC(=O)OC1C2(C)C.C[SiH](C)O[SiH3]. The lowest BCUT2D eigenvalue weighted by atomic mass is 9.50. The molecule has 3 rings (SSSR count). The van der Waals surface area contributed by atoms with Gasteiger partial charge in [-0.3, -0.25) is 0 Å². The topological polar surface area (TPSA) is 44.8 Å². The van der Waals surface area contributed by atoms with E-state index in [-0.39, 0.29) is 23.0 Å². The molecule has 2 heterocycles. The largest absolute Gasteiger partial charge is 0.508 e. The molecule has 0 aromatic rings. The number of fused-ring (bicyclic) bond motifs is 2. The summed E-state index contributed by atoms with van der Waals surface area (Å²) in [6, 6.07) is 0. The smallest absolute Gasteiger partial charge is 0.466 e. The van der Waals surface area contributed by atoms with Gasteiger partial charge < -0.3 is 13.6 Å². The van der Waals surface area contributed by atoms with Gasteiger partial charge in [-0.1, -0.05) is 27.7 Å². The van der Waals surface area contributed by atoms with Crippen molar-refractivity contribution < 1.29 is 18.4 Å². The predicted octanol–water partition coefficient (Wildman–Crippen LogP) is 1.22. The normalized spacial score (nSPS) is 31.8. The predicted molar refractivity (Wildman–Crippen MR) is 72.6 cm³/mol. The summed E-state index contributed by atoms with van der Waals surface area (Å²) in [5.41, 5.74) is -0.0329. The van der Waals surface area contributed by atoms with Crippen LogP contribution in [0.1, 0.15) is 27.7 Å². The van der Waals surface area contributed by atoms with Gasteiger partial charge in [0.15, 0.2) is 9.04 Å². The summed E-state index contributed by atoms with van der Waals surface area (Å²) in [5.74, 6) is 0. The number of ether oxygens (including phenoxy) is 2. The van der Waals surface area contributed by atoms with Crippen LogP contribution in [0.5, 0.6) is 0 Å². The van der Waals surface area contributed by atoms with E-state index in [0.29, 0.717) is 0 Å². The van der Waals surface area contributed by atoms with Crippen LogP contribution in [-0.4, -0.2) is 37.9 Å². The summed E-state index contributed by atoms with van der Waals surface area (Å²) >= 11 is 0. The van der Waals surface area contributed by atoms with Gasteiger partial charge in [0.05, 0.1) is 0 Å². The average molecular weight is 276 g/mol. The lowest BCUT2D eigenvalue weighted by molar-refractivity contribution is -0.300. The molecular weight excluding hydrogens is 252 g/mol. The molecule has 2 saturated heterocycles. The minimum atomic E-state index is -0.588. The van der Waals surface area contributed by atoms with Gasteiger partial charge in [0.25, 0.3) is 0 Å². The van der Waals surface area contributed by atoms with Gasteiger partial charge in [-0.05, 0) is 13.1 Å². The van der Waals surface area contributed by atoms with Crippen molar-refractivity contribution in [3.8, 4) is 0 Å². The van der Waals surface area contributed by atoms with Crippen molar-refractivity contribution in [1.29, 1.82) is 0 Å². The van der Waals surface area contributed by atoms with Crippen molar-refractivity contribution in [1.82, 2.24) is 0 Å². The Hall–Kier alpha value is -0.336. The summed E-state index contributed by atoms with van der Waals surface area (Å²) in [7, 11) is 0.347. The fourth-order valence-corrected chi connectivity index (χ4v) is 2.92. The Kier molecular flexibility index (Phi) is 4.10. The third kappa shape index (κ3) is 2.58. The Bertz CT molecular complexity index is 266. The van der Waals surface area contributed by atoms with Crippen LogP contribution in [-0.2, 0) is 13.6 Å². The zero-order valence-electron chi connectivity index (χ0n) is 11.9. The molecule has 6 heteroatoms. The molecule has 0 N–H and O–H groups in total. The Morgan fingerprint density at radius 1 is 1.12 bits per heavy atom. The van der Waals surface area contributed by atoms with Crippen molar-refractivity contribution in [3.63, 3.8) is 0 Å². The second-order valence-corrected chi connectivity index (χ2v) is 10.2. The third-order valence-electron chi connectivity index (χ3n) is 3.60. The summed E-state index contributed by atoms with van der Waals surface area (Å²) < 4.78 is 15.3. The van der Waals surface area contributed by atoms with Crippen molar-refractivity contribution in [2.24, 2.45) is 10.8 Å². The molecule has 3 aliphatic rings. The molecule has 2 aliphatic heterocycles. The van der Waals surface area contributed by atoms with Crippen LogP contribution in [0.25, 0.3) is 0 Å². The van der Waals surface area contributed by atoms with Crippen molar-refractivity contribution in [2.45, 2.75) is 53.0 Å². The highest BCUT2D eigenvalue weighted by atomic mass is 28.3. The van der Waals surface area contributed by atoms with E-state index in [9.17, 15) is 4.79 Å². The van der Waals surface area contributed by atoms with Gasteiger partial charge in [-0.2, -0.15) is 0 Å². The number of hydrogen-bond donors (Lipinski definition) is 0. The number of carbonyl (C=O) groups excluding carboxylic acids is 1. The number of hydrogen-bond acceptors (Lipinski definition) is 4. The molecule has 1 saturated carbocycles. The van der Waals surface area contributed by atoms with E-state index < -0.39 is 15.2 Å². The second-order valence-electron chi connectivity index (χ2n) is 6.17. The lowest BCUT2D eigenvalue weighted by Crippen LogP contribution is -2.73. The molecule has 0 atom stereocenters. The van der Waals surface area contributed by atoms with Gasteiger partial charge in [0, 0.05) is 10.8 Å². The van der Waals surface area contributed by atoms with Gasteiger partial charge >= 0.3 is 6.16 Å². The van der Waals surface area contributed by atoms with Crippen LogP contribution in [0.2, 0.25) is 13.1 Å². The van der Waals surface area contributed by atoms with Crippen molar-refractivity contribution in [2.75, 3.05) is 0 Å². The highest BCUT2D eigenvalue weighted by molar-refractivity contribution is 6.52. The van der Waals surface area contributed by atoms with Crippen LogP contribution in [0.3, 0.4) is 0 Å². The van der Waals surface area contributed by atoms with Crippen molar-refractivity contribution in [3.05, 3.63) is 0 Å². The van der Waals surface area contributed by atoms with E-state index in [1.165, 1.54) is 0 Å². The van der Waals surface area contributed by atoms with Gasteiger partial charge in [0.2, 0.25) is 0 Å². The Morgan fingerprint density at radius 3 is 1.59 bits per heavy atom. The van der Waals surface area contributed by atoms with Crippen LogP contribution in [0.4, 0.5) is 4.79 Å². The first-order valence-electron chi connectivity index (χ1n) is 6.04. The molecular formula is C11H24O4Si2. The van der Waals surface area contributed by atoms with Crippen LogP contribution in [0, 0.1) is 10.8 Å². The molecule has 3 fully saturated rings. The van der Waals surface area contributed by atoms with E-state index in [1.54, 1.807) is 0 Å². The fraction of sp³-hybridized carbons (Fsp3) is 0.909. The van der Waals surface area contributed by atoms with E-state index in [4.69, 9.17) is 13.6 Å².